The first-order chi connectivity index (χ1) is 4.80. The monoisotopic (exact) mass is 331 g/mol. The van der Waals surface area contributed by atoms with Gasteiger partial charge in [0.1, 0.15) is 0 Å². The Bertz CT molecular complexity index is 166. The minimum Gasteiger partial charge on any atom is -0.0843 e. The first kappa shape index (κ1) is 11.2. The van der Waals surface area contributed by atoms with Crippen LogP contribution < -0.4 is 0 Å². The fourth-order valence-electron chi connectivity index (χ4n) is 1.25. The van der Waals surface area contributed by atoms with Gasteiger partial charge in [0.15, 0.2) is 0 Å². The number of hydrogen-bond acceptors (Lipinski definition) is 0. The van der Waals surface area contributed by atoms with Gasteiger partial charge in [0.25, 0.3) is 0 Å². The second-order valence-electron chi connectivity index (χ2n) is 3.11. The molecule has 0 radical (unpaired) electrons. The second-order valence-corrected chi connectivity index (χ2v) is 3.11. The molecule has 0 aromatic heterocycles. The van der Waals surface area contributed by atoms with Gasteiger partial charge < -0.3 is 0 Å². The van der Waals surface area contributed by atoms with Crippen molar-refractivity contribution in [1.29, 1.82) is 0 Å². The van der Waals surface area contributed by atoms with Gasteiger partial charge in [-0.05, 0) is 39.5 Å². The van der Waals surface area contributed by atoms with Gasteiger partial charge in [0, 0.05) is 21.1 Å². The minimum absolute atomic E-state index is 0. The molecular weight excluding hydrogens is 315 g/mol. The van der Waals surface area contributed by atoms with Crippen LogP contribution in [0.4, 0.5) is 0 Å². The Labute approximate surface area is 84.0 Å². The van der Waals surface area contributed by atoms with Crippen molar-refractivity contribution in [2.45, 2.75) is 39.5 Å². The molecule has 1 heteroatoms. The second kappa shape index (κ2) is 5.77. The molecular formula is C10H16Pt. The summed E-state index contributed by atoms with van der Waals surface area (Å²) in [7, 11) is 0. The zero-order valence-corrected chi connectivity index (χ0v) is 9.57. The van der Waals surface area contributed by atoms with E-state index in [2.05, 4.69) is 26.0 Å². The van der Waals surface area contributed by atoms with Crippen LogP contribution in [0, 0.1) is 0 Å². The molecule has 1 aliphatic rings. The molecule has 11 heavy (non-hydrogen) atoms. The molecule has 1 rings (SSSR count). The predicted octanol–water partition coefficient (Wildman–Crippen LogP) is 3.45. The third kappa shape index (κ3) is 3.91. The number of allylic oxidation sites excluding steroid dienone is 4. The fraction of sp³-hybridized carbons (Fsp3) is 0.600. The van der Waals surface area contributed by atoms with E-state index in [0.29, 0.717) is 0 Å². The van der Waals surface area contributed by atoms with Crippen molar-refractivity contribution in [3.05, 3.63) is 23.3 Å². The molecule has 0 saturated carbocycles. The van der Waals surface area contributed by atoms with E-state index in [4.69, 9.17) is 0 Å². The first-order valence-corrected chi connectivity index (χ1v) is 4.13. The zero-order valence-electron chi connectivity index (χ0n) is 7.30. The summed E-state index contributed by atoms with van der Waals surface area (Å²) in [5.41, 5.74) is 3.04. The van der Waals surface area contributed by atoms with Crippen LogP contribution in [-0.4, -0.2) is 0 Å². The number of rotatable bonds is 0. The minimum atomic E-state index is 0. The normalized spacial score (nSPS) is 18.7. The molecule has 0 aromatic carbocycles. The van der Waals surface area contributed by atoms with Gasteiger partial charge in [-0.1, -0.05) is 23.3 Å². The van der Waals surface area contributed by atoms with Gasteiger partial charge in [0.05, 0.1) is 0 Å². The van der Waals surface area contributed by atoms with Crippen molar-refractivity contribution >= 4 is 0 Å². The van der Waals surface area contributed by atoms with Gasteiger partial charge in [-0.3, -0.25) is 0 Å². The summed E-state index contributed by atoms with van der Waals surface area (Å²) < 4.78 is 0. The molecule has 0 heterocycles. The molecule has 0 amide bonds. The van der Waals surface area contributed by atoms with Crippen molar-refractivity contribution in [2.75, 3.05) is 0 Å². The van der Waals surface area contributed by atoms with Crippen molar-refractivity contribution < 1.29 is 21.1 Å². The van der Waals surface area contributed by atoms with Crippen LogP contribution in [-0.2, 0) is 21.1 Å². The molecule has 0 fully saturated rings. The van der Waals surface area contributed by atoms with Crippen LogP contribution in [0.1, 0.15) is 39.5 Å². The Balaban J connectivity index is 0.000001000. The average Bonchev–Trinajstić information content (AvgIpc) is 1.92. The van der Waals surface area contributed by atoms with Crippen LogP contribution in [0.3, 0.4) is 0 Å². The summed E-state index contributed by atoms with van der Waals surface area (Å²) in [6.45, 7) is 4.45. The predicted molar refractivity (Wildman–Crippen MR) is 46.0 cm³/mol. The van der Waals surface area contributed by atoms with E-state index in [1.165, 1.54) is 31.3 Å². The van der Waals surface area contributed by atoms with E-state index in [-0.39, 0.29) is 21.1 Å². The molecule has 0 atom stereocenters. The summed E-state index contributed by atoms with van der Waals surface area (Å²) in [6.07, 6.45) is 9.85. The summed E-state index contributed by atoms with van der Waals surface area (Å²) in [5.74, 6) is 0. The summed E-state index contributed by atoms with van der Waals surface area (Å²) in [6, 6.07) is 0. The van der Waals surface area contributed by atoms with Crippen molar-refractivity contribution in [1.82, 2.24) is 0 Å². The molecule has 0 bridgehead atoms. The largest absolute Gasteiger partial charge is 0.0843 e. The van der Waals surface area contributed by atoms with Crippen molar-refractivity contribution in [2.24, 2.45) is 0 Å². The first-order valence-electron chi connectivity index (χ1n) is 4.13. The van der Waals surface area contributed by atoms with Crippen LogP contribution in [0.5, 0.6) is 0 Å². The van der Waals surface area contributed by atoms with E-state index in [0.717, 1.165) is 0 Å². The average molecular weight is 331 g/mol. The molecule has 1 aliphatic carbocycles. The van der Waals surface area contributed by atoms with Crippen LogP contribution in [0.15, 0.2) is 23.3 Å². The Morgan fingerprint density at radius 3 is 2.64 bits per heavy atom. The maximum atomic E-state index is 2.29. The zero-order chi connectivity index (χ0) is 7.40. The van der Waals surface area contributed by atoms with E-state index in [1.807, 2.05) is 0 Å². The summed E-state index contributed by atoms with van der Waals surface area (Å²) in [5, 5.41) is 0. The Morgan fingerprint density at radius 2 is 1.91 bits per heavy atom. The van der Waals surface area contributed by atoms with E-state index < -0.39 is 0 Å². The van der Waals surface area contributed by atoms with Gasteiger partial charge >= 0.3 is 0 Å². The molecule has 0 unspecified atom stereocenters. The third-order valence-corrected chi connectivity index (χ3v) is 2.21. The maximum Gasteiger partial charge on any atom is 0 e. The third-order valence-electron chi connectivity index (χ3n) is 2.21. The van der Waals surface area contributed by atoms with Gasteiger partial charge in [0.2, 0.25) is 0 Å². The smallest absolute Gasteiger partial charge is 0 e. The molecule has 0 aliphatic heterocycles. The topological polar surface area (TPSA) is 0 Å². The van der Waals surface area contributed by atoms with Gasteiger partial charge in [-0.2, -0.15) is 0 Å². The van der Waals surface area contributed by atoms with Crippen LogP contribution in [0.2, 0.25) is 0 Å². The molecule has 0 spiro atoms. The maximum absolute atomic E-state index is 2.29. The molecule has 0 saturated heterocycles. The Morgan fingerprint density at radius 1 is 1.18 bits per heavy atom. The SMILES string of the molecule is CC1=C(C)CCCCC=C1.[Pt]. The summed E-state index contributed by atoms with van der Waals surface area (Å²) >= 11 is 0. The van der Waals surface area contributed by atoms with Crippen molar-refractivity contribution in [3.8, 4) is 0 Å². The molecule has 0 nitrogen and oxygen atoms in total. The van der Waals surface area contributed by atoms with E-state index in [1.54, 1.807) is 5.57 Å². The van der Waals surface area contributed by atoms with Crippen LogP contribution in [0.25, 0.3) is 0 Å². The quantitative estimate of drug-likeness (QED) is 0.638. The summed E-state index contributed by atoms with van der Waals surface area (Å²) in [4.78, 5) is 0. The Hall–Kier alpha value is 0.168. The standard InChI is InChI=1S/C10H16.Pt/c1-9-7-5-3-4-6-8-10(9)2;/h5,7H,3-4,6,8H2,1-2H3;. The fourth-order valence-corrected chi connectivity index (χ4v) is 1.25. The van der Waals surface area contributed by atoms with Gasteiger partial charge in [-0.25, -0.2) is 0 Å². The Kier molecular flexibility index (Phi) is 5.86. The molecule has 0 N–H and O–H groups in total. The molecule has 0 aromatic rings. The molecule has 66 valence electrons. The van der Waals surface area contributed by atoms with Crippen molar-refractivity contribution in [3.63, 3.8) is 0 Å². The van der Waals surface area contributed by atoms with E-state index in [9.17, 15) is 0 Å². The van der Waals surface area contributed by atoms with E-state index >= 15 is 0 Å². The number of hydrogen-bond donors (Lipinski definition) is 0. The van der Waals surface area contributed by atoms with Crippen LogP contribution >= 0.6 is 0 Å². The van der Waals surface area contributed by atoms with Gasteiger partial charge in [-0.15, -0.1) is 0 Å².